The first-order valence-corrected chi connectivity index (χ1v) is 7.48. The molecule has 1 saturated carbocycles. The summed E-state index contributed by atoms with van der Waals surface area (Å²) < 4.78 is 0. The van der Waals surface area contributed by atoms with E-state index in [2.05, 4.69) is 10.6 Å². The molecule has 1 unspecified atom stereocenters. The van der Waals surface area contributed by atoms with Gasteiger partial charge in [-0.1, -0.05) is 12.8 Å². The third-order valence-corrected chi connectivity index (χ3v) is 4.07. The molecule has 2 fully saturated rings. The molecule has 1 atom stereocenters. The molecular formula is C14H25N3O2. The van der Waals surface area contributed by atoms with E-state index in [0.29, 0.717) is 12.6 Å². The molecule has 0 aromatic rings. The van der Waals surface area contributed by atoms with Gasteiger partial charge in [0.2, 0.25) is 11.8 Å². The summed E-state index contributed by atoms with van der Waals surface area (Å²) >= 11 is 0. The quantitative estimate of drug-likeness (QED) is 0.768. The van der Waals surface area contributed by atoms with Crippen LogP contribution in [0.1, 0.15) is 45.4 Å². The minimum Gasteiger partial charge on any atom is -0.343 e. The number of carbonyl (C=O) groups excluding carboxylic acids is 2. The fourth-order valence-corrected chi connectivity index (χ4v) is 2.93. The maximum Gasteiger partial charge on any atom is 0.244 e. The Hall–Kier alpha value is -1.10. The van der Waals surface area contributed by atoms with Crippen molar-refractivity contribution in [2.24, 2.45) is 0 Å². The van der Waals surface area contributed by atoms with Gasteiger partial charge < -0.3 is 15.5 Å². The van der Waals surface area contributed by atoms with Crippen LogP contribution in [0.4, 0.5) is 0 Å². The molecule has 1 aliphatic heterocycles. The molecule has 1 aliphatic carbocycles. The molecule has 2 N–H and O–H groups in total. The Labute approximate surface area is 115 Å². The van der Waals surface area contributed by atoms with Crippen LogP contribution in [0.15, 0.2) is 0 Å². The van der Waals surface area contributed by atoms with Gasteiger partial charge in [-0.15, -0.1) is 0 Å². The summed E-state index contributed by atoms with van der Waals surface area (Å²) in [6.07, 6.45) is 6.99. The van der Waals surface area contributed by atoms with Gasteiger partial charge in [-0.25, -0.2) is 0 Å². The van der Waals surface area contributed by atoms with Crippen LogP contribution in [0.5, 0.6) is 0 Å². The van der Waals surface area contributed by atoms with E-state index in [1.807, 2.05) is 4.90 Å². The molecule has 2 rings (SSSR count). The van der Waals surface area contributed by atoms with Crippen LogP contribution >= 0.6 is 0 Å². The predicted octanol–water partition coefficient (Wildman–Crippen LogP) is 0.646. The number of rotatable bonds is 5. The summed E-state index contributed by atoms with van der Waals surface area (Å²) in [7, 11) is 0. The molecule has 0 spiro atoms. The Bertz CT molecular complexity index is 321. The van der Waals surface area contributed by atoms with Gasteiger partial charge in [0.15, 0.2) is 0 Å². The van der Waals surface area contributed by atoms with Crippen molar-refractivity contribution < 1.29 is 9.59 Å². The highest BCUT2D eigenvalue weighted by molar-refractivity contribution is 5.88. The topological polar surface area (TPSA) is 61.4 Å². The first-order valence-electron chi connectivity index (χ1n) is 7.48. The van der Waals surface area contributed by atoms with Gasteiger partial charge in [0.05, 0.1) is 6.54 Å². The van der Waals surface area contributed by atoms with Crippen molar-refractivity contribution in [2.75, 3.05) is 19.6 Å². The second-order valence-electron chi connectivity index (χ2n) is 5.68. The fourth-order valence-electron chi connectivity index (χ4n) is 2.93. The van der Waals surface area contributed by atoms with Crippen LogP contribution in [0.3, 0.4) is 0 Å². The van der Waals surface area contributed by atoms with E-state index in [1.165, 1.54) is 12.8 Å². The average molecular weight is 267 g/mol. The highest BCUT2D eigenvalue weighted by Gasteiger charge is 2.24. The van der Waals surface area contributed by atoms with Crippen molar-refractivity contribution >= 4 is 11.8 Å². The summed E-state index contributed by atoms with van der Waals surface area (Å²) in [5.74, 6) is -0.0290. The Morgan fingerprint density at radius 1 is 1.16 bits per heavy atom. The third-order valence-electron chi connectivity index (χ3n) is 4.07. The van der Waals surface area contributed by atoms with Gasteiger partial charge in [-0.3, -0.25) is 9.59 Å². The van der Waals surface area contributed by atoms with E-state index < -0.39 is 6.04 Å². The summed E-state index contributed by atoms with van der Waals surface area (Å²) in [6.45, 7) is 3.76. The number of amides is 2. The zero-order valence-corrected chi connectivity index (χ0v) is 11.8. The van der Waals surface area contributed by atoms with E-state index in [9.17, 15) is 9.59 Å². The number of hydrogen-bond donors (Lipinski definition) is 2. The monoisotopic (exact) mass is 267 g/mol. The molecule has 0 aromatic carbocycles. The standard InChI is InChI=1S/C14H25N3O2/c1-11(14(19)17-8-4-5-9-17)16-13(18)10-15-12-6-2-3-7-12/h11-12,15H,2-10H2,1H3,(H,16,18). The van der Waals surface area contributed by atoms with Crippen molar-refractivity contribution in [1.82, 2.24) is 15.5 Å². The first-order chi connectivity index (χ1) is 9.16. The summed E-state index contributed by atoms with van der Waals surface area (Å²) in [5, 5.41) is 6.05. The Kier molecular flexibility index (Phi) is 5.19. The SMILES string of the molecule is CC(NC(=O)CNC1CCCC1)C(=O)N1CCCC1. The van der Waals surface area contributed by atoms with Gasteiger partial charge in [-0.2, -0.15) is 0 Å². The minimum absolute atomic E-state index is 0.0479. The Morgan fingerprint density at radius 3 is 2.42 bits per heavy atom. The number of hydrogen-bond acceptors (Lipinski definition) is 3. The fraction of sp³-hybridized carbons (Fsp3) is 0.857. The van der Waals surface area contributed by atoms with Crippen molar-refractivity contribution in [3.63, 3.8) is 0 Å². The maximum absolute atomic E-state index is 12.0. The van der Waals surface area contributed by atoms with E-state index in [1.54, 1.807) is 6.92 Å². The Morgan fingerprint density at radius 2 is 1.79 bits per heavy atom. The zero-order valence-electron chi connectivity index (χ0n) is 11.8. The molecule has 5 nitrogen and oxygen atoms in total. The molecule has 108 valence electrons. The van der Waals surface area contributed by atoms with E-state index in [4.69, 9.17) is 0 Å². The molecule has 2 amide bonds. The van der Waals surface area contributed by atoms with Crippen LogP contribution in [0.25, 0.3) is 0 Å². The zero-order chi connectivity index (χ0) is 13.7. The molecule has 19 heavy (non-hydrogen) atoms. The van der Waals surface area contributed by atoms with E-state index in [-0.39, 0.29) is 11.8 Å². The van der Waals surface area contributed by atoms with Crippen LogP contribution in [0, 0.1) is 0 Å². The van der Waals surface area contributed by atoms with E-state index in [0.717, 1.165) is 38.8 Å². The van der Waals surface area contributed by atoms with Crippen molar-refractivity contribution in [3.8, 4) is 0 Å². The Balaban J connectivity index is 1.67. The smallest absolute Gasteiger partial charge is 0.244 e. The largest absolute Gasteiger partial charge is 0.343 e. The second-order valence-corrected chi connectivity index (χ2v) is 5.68. The van der Waals surface area contributed by atoms with E-state index >= 15 is 0 Å². The molecule has 5 heteroatoms. The van der Waals surface area contributed by atoms with Crippen molar-refractivity contribution in [3.05, 3.63) is 0 Å². The maximum atomic E-state index is 12.0. The lowest BCUT2D eigenvalue weighted by atomic mass is 10.2. The van der Waals surface area contributed by atoms with Crippen LogP contribution in [0.2, 0.25) is 0 Å². The minimum atomic E-state index is -0.407. The molecule has 0 bridgehead atoms. The van der Waals surface area contributed by atoms with Gasteiger partial charge in [0, 0.05) is 19.1 Å². The van der Waals surface area contributed by atoms with Gasteiger partial charge in [-0.05, 0) is 32.6 Å². The number of nitrogens with one attached hydrogen (secondary N) is 2. The third kappa shape index (κ3) is 4.20. The lowest BCUT2D eigenvalue weighted by Crippen LogP contribution is -2.48. The predicted molar refractivity (Wildman–Crippen MR) is 73.7 cm³/mol. The summed E-state index contributed by atoms with van der Waals surface area (Å²) in [6, 6.07) is 0.0753. The summed E-state index contributed by atoms with van der Waals surface area (Å²) in [5.41, 5.74) is 0. The number of nitrogens with zero attached hydrogens (tertiary/aromatic N) is 1. The molecule has 0 radical (unpaired) electrons. The molecule has 2 aliphatic rings. The first kappa shape index (κ1) is 14.3. The van der Waals surface area contributed by atoms with Gasteiger partial charge >= 0.3 is 0 Å². The van der Waals surface area contributed by atoms with Gasteiger partial charge in [0.25, 0.3) is 0 Å². The average Bonchev–Trinajstić information content (AvgIpc) is 3.08. The molecule has 1 saturated heterocycles. The number of likely N-dealkylation sites (tertiary alicyclic amines) is 1. The number of carbonyl (C=O) groups is 2. The lowest BCUT2D eigenvalue weighted by molar-refractivity contribution is -0.134. The van der Waals surface area contributed by atoms with Crippen LogP contribution < -0.4 is 10.6 Å². The van der Waals surface area contributed by atoms with Crippen molar-refractivity contribution in [1.29, 1.82) is 0 Å². The van der Waals surface area contributed by atoms with Crippen molar-refractivity contribution in [2.45, 2.75) is 57.5 Å². The van der Waals surface area contributed by atoms with Crippen LogP contribution in [-0.2, 0) is 9.59 Å². The second kappa shape index (κ2) is 6.89. The lowest BCUT2D eigenvalue weighted by Gasteiger charge is -2.21. The highest BCUT2D eigenvalue weighted by Crippen LogP contribution is 2.17. The highest BCUT2D eigenvalue weighted by atomic mass is 16.2. The summed E-state index contributed by atoms with van der Waals surface area (Å²) in [4.78, 5) is 25.7. The van der Waals surface area contributed by atoms with Gasteiger partial charge in [0.1, 0.15) is 6.04 Å². The molecule has 0 aromatic heterocycles. The normalized spacial score (nSPS) is 21.6. The molecule has 1 heterocycles. The molecular weight excluding hydrogens is 242 g/mol. The van der Waals surface area contributed by atoms with Crippen LogP contribution in [-0.4, -0.2) is 48.4 Å².